The van der Waals surface area contributed by atoms with Crippen molar-refractivity contribution in [1.82, 2.24) is 14.3 Å². The van der Waals surface area contributed by atoms with Crippen molar-refractivity contribution < 1.29 is 4.79 Å². The lowest BCUT2D eigenvalue weighted by Gasteiger charge is -2.07. The van der Waals surface area contributed by atoms with E-state index in [1.165, 1.54) is 4.68 Å². The summed E-state index contributed by atoms with van der Waals surface area (Å²) >= 11 is 6.00. The van der Waals surface area contributed by atoms with E-state index in [0.717, 1.165) is 16.6 Å². The van der Waals surface area contributed by atoms with E-state index in [9.17, 15) is 9.59 Å². The SMILES string of the molecule is Cc1c(NC(=O)c2cc3cc(Cl)ccc3[nH]2)c(=O)n(-c2ccccc2)n1C. The topological polar surface area (TPSA) is 71.8 Å². The van der Waals surface area contributed by atoms with Gasteiger partial charge >= 0.3 is 0 Å². The largest absolute Gasteiger partial charge is 0.351 e. The number of fused-ring (bicyclic) bond motifs is 1. The summed E-state index contributed by atoms with van der Waals surface area (Å²) in [5.41, 5.74) is 2.53. The molecule has 4 aromatic rings. The number of carbonyl (C=O) groups excluding carboxylic acids is 1. The van der Waals surface area contributed by atoms with Crippen LogP contribution in [0.1, 0.15) is 16.2 Å². The fourth-order valence-electron chi connectivity index (χ4n) is 3.12. The zero-order valence-electron chi connectivity index (χ0n) is 14.8. The summed E-state index contributed by atoms with van der Waals surface area (Å²) in [6.45, 7) is 1.79. The average Bonchev–Trinajstić information content (AvgIpc) is 3.17. The Bertz CT molecular complexity index is 1220. The van der Waals surface area contributed by atoms with E-state index in [0.29, 0.717) is 16.4 Å². The molecular weight excluding hydrogens is 364 g/mol. The van der Waals surface area contributed by atoms with Gasteiger partial charge in [0.15, 0.2) is 0 Å². The van der Waals surface area contributed by atoms with Crippen LogP contribution in [0.5, 0.6) is 0 Å². The van der Waals surface area contributed by atoms with Gasteiger partial charge < -0.3 is 10.3 Å². The molecule has 0 saturated heterocycles. The van der Waals surface area contributed by atoms with Crippen LogP contribution in [-0.4, -0.2) is 20.3 Å². The summed E-state index contributed by atoms with van der Waals surface area (Å²) < 4.78 is 3.24. The Hall–Kier alpha value is -3.25. The third-order valence-electron chi connectivity index (χ3n) is 4.62. The Balaban J connectivity index is 1.72. The van der Waals surface area contributed by atoms with Gasteiger partial charge in [0.25, 0.3) is 11.5 Å². The maximum atomic E-state index is 12.9. The molecule has 0 radical (unpaired) electrons. The molecule has 27 heavy (non-hydrogen) atoms. The molecule has 7 heteroatoms. The molecule has 2 heterocycles. The molecule has 0 aliphatic heterocycles. The number of nitrogens with one attached hydrogen (secondary N) is 2. The molecule has 0 atom stereocenters. The van der Waals surface area contributed by atoms with Gasteiger partial charge in [-0.05, 0) is 43.3 Å². The highest BCUT2D eigenvalue weighted by molar-refractivity contribution is 6.31. The quantitative estimate of drug-likeness (QED) is 0.566. The number of rotatable bonds is 3. The second kappa shape index (κ2) is 6.48. The van der Waals surface area contributed by atoms with Crippen LogP contribution in [0.25, 0.3) is 16.6 Å². The van der Waals surface area contributed by atoms with E-state index in [1.807, 2.05) is 36.4 Å². The van der Waals surface area contributed by atoms with Crippen molar-refractivity contribution in [1.29, 1.82) is 0 Å². The van der Waals surface area contributed by atoms with Gasteiger partial charge in [0.2, 0.25) is 0 Å². The van der Waals surface area contributed by atoms with E-state index >= 15 is 0 Å². The van der Waals surface area contributed by atoms with Crippen molar-refractivity contribution in [3.63, 3.8) is 0 Å². The van der Waals surface area contributed by atoms with Gasteiger partial charge in [-0.15, -0.1) is 0 Å². The highest BCUT2D eigenvalue weighted by Crippen LogP contribution is 2.21. The molecule has 6 nitrogen and oxygen atoms in total. The number of nitrogens with zero attached hydrogens (tertiary/aromatic N) is 2. The van der Waals surface area contributed by atoms with Gasteiger partial charge in [-0.25, -0.2) is 4.68 Å². The second-order valence-electron chi connectivity index (χ2n) is 6.31. The number of amides is 1. The number of para-hydroxylation sites is 1. The lowest BCUT2D eigenvalue weighted by Crippen LogP contribution is -2.23. The Morgan fingerprint density at radius 3 is 2.59 bits per heavy atom. The third kappa shape index (κ3) is 2.94. The first-order chi connectivity index (χ1) is 13.0. The Kier molecular flexibility index (Phi) is 4.12. The number of benzene rings is 2. The molecule has 2 aromatic heterocycles. The molecule has 0 aliphatic carbocycles. The number of aromatic amines is 1. The van der Waals surface area contributed by atoms with Gasteiger partial charge in [0, 0.05) is 23.0 Å². The van der Waals surface area contributed by atoms with Crippen LogP contribution in [-0.2, 0) is 7.05 Å². The number of H-pyrrole nitrogens is 1. The fraction of sp³-hybridized carbons (Fsp3) is 0.100. The highest BCUT2D eigenvalue weighted by atomic mass is 35.5. The highest BCUT2D eigenvalue weighted by Gasteiger charge is 2.19. The molecule has 4 rings (SSSR count). The first-order valence-corrected chi connectivity index (χ1v) is 8.77. The lowest BCUT2D eigenvalue weighted by molar-refractivity contribution is 0.102. The lowest BCUT2D eigenvalue weighted by atomic mass is 10.2. The van der Waals surface area contributed by atoms with Gasteiger partial charge in [-0.1, -0.05) is 29.8 Å². The molecule has 136 valence electrons. The average molecular weight is 381 g/mol. The predicted octanol–water partition coefficient (Wildman–Crippen LogP) is 3.87. The molecule has 0 spiro atoms. The monoisotopic (exact) mass is 380 g/mol. The number of aromatic nitrogens is 3. The minimum atomic E-state index is -0.381. The summed E-state index contributed by atoms with van der Waals surface area (Å²) in [7, 11) is 1.78. The maximum Gasteiger partial charge on any atom is 0.295 e. The Morgan fingerprint density at radius 2 is 1.85 bits per heavy atom. The zero-order valence-corrected chi connectivity index (χ0v) is 15.5. The van der Waals surface area contributed by atoms with Crippen LogP contribution < -0.4 is 10.9 Å². The van der Waals surface area contributed by atoms with E-state index in [4.69, 9.17) is 11.6 Å². The summed E-state index contributed by atoms with van der Waals surface area (Å²) in [5.74, 6) is -0.381. The van der Waals surface area contributed by atoms with Gasteiger partial charge in [-0.2, -0.15) is 0 Å². The number of halogens is 1. The van der Waals surface area contributed by atoms with Gasteiger partial charge in [0.05, 0.1) is 11.4 Å². The van der Waals surface area contributed by atoms with Crippen molar-refractivity contribution >= 4 is 34.1 Å². The van der Waals surface area contributed by atoms with Crippen molar-refractivity contribution in [2.45, 2.75) is 6.92 Å². The molecule has 0 bridgehead atoms. The summed E-state index contributed by atoms with van der Waals surface area (Å²) in [5, 5.41) is 4.17. The van der Waals surface area contributed by atoms with Crippen molar-refractivity contribution in [3.05, 3.63) is 81.4 Å². The molecule has 0 unspecified atom stereocenters. The predicted molar refractivity (Wildman–Crippen MR) is 107 cm³/mol. The molecule has 2 aromatic carbocycles. The molecule has 2 N–H and O–H groups in total. The maximum absolute atomic E-state index is 12.9. The van der Waals surface area contributed by atoms with E-state index in [1.54, 1.807) is 36.9 Å². The smallest absolute Gasteiger partial charge is 0.295 e. The van der Waals surface area contributed by atoms with Crippen LogP contribution in [0.2, 0.25) is 5.02 Å². The van der Waals surface area contributed by atoms with E-state index < -0.39 is 0 Å². The molecule has 0 saturated carbocycles. The molecule has 1 amide bonds. The third-order valence-corrected chi connectivity index (χ3v) is 4.86. The van der Waals surface area contributed by atoms with E-state index in [2.05, 4.69) is 10.3 Å². The minimum Gasteiger partial charge on any atom is -0.351 e. The minimum absolute atomic E-state index is 0.253. The fourth-order valence-corrected chi connectivity index (χ4v) is 3.30. The number of hydrogen-bond acceptors (Lipinski definition) is 2. The van der Waals surface area contributed by atoms with E-state index in [-0.39, 0.29) is 17.2 Å². The normalized spacial score (nSPS) is 11.1. The molecule has 0 fully saturated rings. The van der Waals surface area contributed by atoms with Crippen molar-refractivity contribution in [2.24, 2.45) is 7.05 Å². The first-order valence-electron chi connectivity index (χ1n) is 8.39. The Labute approximate surface area is 160 Å². The van der Waals surface area contributed by atoms with Gasteiger partial charge in [0.1, 0.15) is 11.4 Å². The van der Waals surface area contributed by atoms with Crippen LogP contribution in [0, 0.1) is 6.92 Å². The summed E-state index contributed by atoms with van der Waals surface area (Å²) in [4.78, 5) is 28.6. The summed E-state index contributed by atoms with van der Waals surface area (Å²) in [6.07, 6.45) is 0. The van der Waals surface area contributed by atoms with Crippen molar-refractivity contribution in [2.75, 3.05) is 5.32 Å². The van der Waals surface area contributed by atoms with Crippen molar-refractivity contribution in [3.8, 4) is 5.69 Å². The standard InChI is InChI=1S/C20H17ClN4O2/c1-12-18(20(27)25(24(12)2)15-6-4-3-5-7-15)23-19(26)17-11-13-10-14(21)8-9-16(13)22-17/h3-11,22H,1-2H3,(H,23,26). The van der Waals surface area contributed by atoms with Crippen LogP contribution >= 0.6 is 11.6 Å². The number of carbonyl (C=O) groups is 1. The van der Waals surface area contributed by atoms with Crippen LogP contribution in [0.3, 0.4) is 0 Å². The first kappa shape index (κ1) is 17.2. The van der Waals surface area contributed by atoms with Crippen LogP contribution in [0.15, 0.2) is 59.4 Å². The molecular formula is C20H17ClN4O2. The zero-order chi connectivity index (χ0) is 19.1. The van der Waals surface area contributed by atoms with Crippen LogP contribution in [0.4, 0.5) is 5.69 Å². The Morgan fingerprint density at radius 1 is 1.11 bits per heavy atom. The second-order valence-corrected chi connectivity index (χ2v) is 6.74. The number of hydrogen-bond donors (Lipinski definition) is 2. The van der Waals surface area contributed by atoms with Gasteiger partial charge in [-0.3, -0.25) is 14.3 Å². The summed E-state index contributed by atoms with van der Waals surface area (Å²) in [6, 6.07) is 16.3. The molecule has 0 aliphatic rings. The number of anilines is 1.